The molecule has 172 valence electrons. The summed E-state index contributed by atoms with van der Waals surface area (Å²) in [5.74, 6) is 0. The third kappa shape index (κ3) is 7.53. The van der Waals surface area contributed by atoms with Crippen LogP contribution in [0.3, 0.4) is 0 Å². The Bertz CT molecular complexity index is 1050. The molecular weight excluding hydrogens is 625 g/mol. The van der Waals surface area contributed by atoms with Crippen molar-refractivity contribution < 1.29 is 47.4 Å². The summed E-state index contributed by atoms with van der Waals surface area (Å²) >= 11 is 0. The van der Waals surface area contributed by atoms with Crippen molar-refractivity contribution in [2.24, 2.45) is 0 Å². The van der Waals surface area contributed by atoms with Gasteiger partial charge in [0.1, 0.15) is 0 Å². The van der Waals surface area contributed by atoms with E-state index in [-0.39, 0.29) is 32.2 Å². The van der Waals surface area contributed by atoms with Gasteiger partial charge in [-0.2, -0.15) is 62.7 Å². The molecule has 0 spiro atoms. The van der Waals surface area contributed by atoms with E-state index in [4.69, 9.17) is 0 Å². The Morgan fingerprint density at radius 2 is 0.970 bits per heavy atom. The average Bonchev–Trinajstić information content (AvgIpc) is 2.80. The molecule has 4 aromatic rings. The van der Waals surface area contributed by atoms with Crippen LogP contribution in [0.2, 0.25) is 0 Å². The van der Waals surface area contributed by atoms with Crippen molar-refractivity contribution in [1.82, 2.24) is 9.97 Å². The summed E-state index contributed by atoms with van der Waals surface area (Å²) in [6.07, 6.45) is -5.59. The van der Waals surface area contributed by atoms with E-state index in [1.165, 1.54) is 0 Å². The van der Waals surface area contributed by atoms with E-state index < -0.39 is 23.5 Å². The van der Waals surface area contributed by atoms with Gasteiger partial charge in [0.05, 0.1) is 11.4 Å². The Balaban J connectivity index is 0.000000253. The van der Waals surface area contributed by atoms with E-state index >= 15 is 0 Å². The Hall–Kier alpha value is -2.99. The Labute approximate surface area is 200 Å². The van der Waals surface area contributed by atoms with Crippen LogP contribution in [-0.4, -0.2) is 9.97 Å². The second-order valence-corrected chi connectivity index (χ2v) is 6.41. The van der Waals surface area contributed by atoms with E-state index in [0.29, 0.717) is 0 Å². The number of pyridine rings is 2. The molecule has 0 unspecified atom stereocenters. The van der Waals surface area contributed by atoms with Crippen molar-refractivity contribution in [1.29, 1.82) is 0 Å². The van der Waals surface area contributed by atoms with E-state index in [9.17, 15) is 26.3 Å². The second kappa shape index (κ2) is 11.2. The molecule has 33 heavy (non-hydrogen) atoms. The summed E-state index contributed by atoms with van der Waals surface area (Å²) < 4.78 is 75.3. The maximum Gasteiger partial charge on any atom is 2.00 e. The van der Waals surface area contributed by atoms with Crippen LogP contribution in [0, 0.1) is 12.1 Å². The number of halogens is 6. The first-order valence-electron chi connectivity index (χ1n) is 9.15. The van der Waals surface area contributed by atoms with Gasteiger partial charge in [0.25, 0.3) is 0 Å². The van der Waals surface area contributed by atoms with Crippen molar-refractivity contribution in [3.05, 3.63) is 108 Å². The molecule has 9 heteroatoms. The number of nitrogens with zero attached hydrogens (tertiary/aromatic N) is 2. The average molecular weight is 639 g/mol. The predicted molar refractivity (Wildman–Crippen MR) is 107 cm³/mol. The van der Waals surface area contributed by atoms with E-state index in [2.05, 4.69) is 22.1 Å². The van der Waals surface area contributed by atoms with E-state index in [1.807, 2.05) is 36.4 Å². The number of hydrogen-bond donors (Lipinski definition) is 0. The van der Waals surface area contributed by atoms with Gasteiger partial charge in [0.2, 0.25) is 0 Å². The van der Waals surface area contributed by atoms with Crippen LogP contribution in [0.1, 0.15) is 11.1 Å². The van der Waals surface area contributed by atoms with E-state index in [0.717, 1.165) is 47.8 Å². The van der Waals surface area contributed by atoms with Crippen LogP contribution >= 0.6 is 0 Å². The van der Waals surface area contributed by atoms with Gasteiger partial charge in [-0.3, -0.25) is 9.97 Å². The van der Waals surface area contributed by atoms with Crippen LogP contribution < -0.4 is 0 Å². The molecule has 0 N–H and O–H groups in total. The van der Waals surface area contributed by atoms with Crippen molar-refractivity contribution in [3.63, 3.8) is 0 Å². The maximum absolute atomic E-state index is 12.5. The van der Waals surface area contributed by atoms with Crippen molar-refractivity contribution in [2.45, 2.75) is 12.4 Å². The van der Waals surface area contributed by atoms with Crippen molar-refractivity contribution in [2.75, 3.05) is 0 Å². The second-order valence-electron chi connectivity index (χ2n) is 6.41. The SMILES string of the molecule is FC(F)(F)c1cc[c-]c(-c2[c-]ccc(C(F)(F)F)c2)c1.[Pt+2].c1ccc(-c2ccccn2)nc1. The minimum atomic E-state index is -4.56. The first-order chi connectivity index (χ1) is 15.1. The summed E-state index contributed by atoms with van der Waals surface area (Å²) in [4.78, 5) is 8.37. The zero-order valence-corrected chi connectivity index (χ0v) is 18.8. The topological polar surface area (TPSA) is 25.8 Å². The number of rotatable bonds is 2. The first kappa shape index (κ1) is 26.3. The largest absolute Gasteiger partial charge is 2.00 e. The van der Waals surface area contributed by atoms with Crippen molar-refractivity contribution in [3.8, 4) is 22.5 Å². The molecule has 2 aromatic carbocycles. The molecule has 0 aliphatic heterocycles. The van der Waals surface area contributed by atoms with Crippen LogP contribution in [0.4, 0.5) is 26.3 Å². The molecular formula is C24H14F6N2Pt. The fraction of sp³-hybridized carbons (Fsp3) is 0.0833. The number of hydrogen-bond acceptors (Lipinski definition) is 2. The Morgan fingerprint density at radius 1 is 0.576 bits per heavy atom. The van der Waals surface area contributed by atoms with Gasteiger partial charge in [0, 0.05) is 12.4 Å². The molecule has 0 bridgehead atoms. The minimum Gasteiger partial charge on any atom is -0.255 e. The fourth-order valence-electron chi connectivity index (χ4n) is 2.63. The van der Waals surface area contributed by atoms with Gasteiger partial charge in [-0.1, -0.05) is 12.1 Å². The summed E-state index contributed by atoms with van der Waals surface area (Å²) in [6, 6.07) is 21.7. The number of aromatic nitrogens is 2. The number of alkyl halides is 6. The van der Waals surface area contributed by atoms with E-state index in [1.54, 1.807) is 12.4 Å². The third-order valence-electron chi connectivity index (χ3n) is 4.14. The van der Waals surface area contributed by atoms with Crippen LogP contribution in [0.25, 0.3) is 22.5 Å². The predicted octanol–water partition coefficient (Wildman–Crippen LogP) is 7.13. The Kier molecular flexibility index (Phi) is 8.94. The molecule has 4 rings (SSSR count). The summed E-state index contributed by atoms with van der Waals surface area (Å²) in [5.41, 5.74) is -0.248. The standard InChI is InChI=1S/C14H6F6.C10H8N2.Pt/c15-13(16,17)11-5-1-3-9(7-11)10-4-2-6-12(8-10)14(18,19)20;1-3-7-11-9(5-1)10-6-2-4-8-12-10;/h1-2,5-8H;1-8H;/q-2;;+2. The summed E-state index contributed by atoms with van der Waals surface area (Å²) in [7, 11) is 0. The maximum atomic E-state index is 12.5. The molecule has 2 nitrogen and oxygen atoms in total. The number of benzene rings is 2. The van der Waals surface area contributed by atoms with Crippen LogP contribution in [0.15, 0.2) is 85.2 Å². The normalized spacial score (nSPS) is 11.1. The molecule has 2 heterocycles. The molecule has 0 aliphatic rings. The molecule has 0 saturated heterocycles. The molecule has 0 saturated carbocycles. The smallest absolute Gasteiger partial charge is 0.255 e. The van der Waals surface area contributed by atoms with Gasteiger partial charge < -0.3 is 0 Å². The first-order valence-corrected chi connectivity index (χ1v) is 9.15. The quantitative estimate of drug-likeness (QED) is 0.172. The fourth-order valence-corrected chi connectivity index (χ4v) is 2.63. The van der Waals surface area contributed by atoms with Gasteiger partial charge in [-0.25, -0.2) is 11.1 Å². The van der Waals surface area contributed by atoms with Gasteiger partial charge in [-0.15, -0.1) is 12.1 Å². The molecule has 0 amide bonds. The zero-order chi connectivity index (χ0) is 23.2. The van der Waals surface area contributed by atoms with Crippen LogP contribution in [0.5, 0.6) is 0 Å². The Morgan fingerprint density at radius 3 is 1.27 bits per heavy atom. The van der Waals surface area contributed by atoms with Crippen LogP contribution in [-0.2, 0) is 33.4 Å². The van der Waals surface area contributed by atoms with Crippen molar-refractivity contribution >= 4 is 0 Å². The monoisotopic (exact) mass is 639 g/mol. The molecule has 0 radical (unpaired) electrons. The molecule has 2 aromatic heterocycles. The molecule has 0 aliphatic carbocycles. The summed E-state index contributed by atoms with van der Waals surface area (Å²) in [6.45, 7) is 0. The van der Waals surface area contributed by atoms with Gasteiger partial charge in [-0.05, 0) is 35.4 Å². The van der Waals surface area contributed by atoms with Gasteiger partial charge in [0.15, 0.2) is 0 Å². The molecule has 0 atom stereocenters. The van der Waals surface area contributed by atoms with Gasteiger partial charge >= 0.3 is 33.4 Å². The zero-order valence-electron chi connectivity index (χ0n) is 16.6. The third-order valence-corrected chi connectivity index (χ3v) is 4.14. The summed E-state index contributed by atoms with van der Waals surface area (Å²) in [5, 5.41) is 0. The minimum absolute atomic E-state index is 0. The molecule has 0 fully saturated rings.